The first-order chi connectivity index (χ1) is 18.4. The van der Waals surface area contributed by atoms with E-state index in [9.17, 15) is 14.3 Å². The van der Waals surface area contributed by atoms with Crippen LogP contribution >= 0.6 is 0 Å². The largest absolute Gasteiger partial charge is 0.494 e. The molecule has 4 heterocycles. The number of imidazole rings is 1. The van der Waals surface area contributed by atoms with E-state index in [1.54, 1.807) is 19.2 Å². The quantitative estimate of drug-likeness (QED) is 0.406. The maximum Gasteiger partial charge on any atom is 0.254 e. The summed E-state index contributed by atoms with van der Waals surface area (Å²) in [4.78, 5) is 22.1. The summed E-state index contributed by atoms with van der Waals surface area (Å²) >= 11 is 0. The Hall–Kier alpha value is -3.63. The standard InChI is InChI=1S/C28H33FN6O3/c1-32-26-21(11-18(13-24(26)38-2)28(37)34-15-19(29)14-20(30)16-34)31-27(32)23-12-17-5-3-6-22-25(17)35(23)9-8-33(22)7-4-10-36/h3,5-6,11-13,19-20,36H,4,7-10,14-16,30H2,1-2H3/t19-,20-/m1/s1. The van der Waals surface area contributed by atoms with Crippen LogP contribution in [0.3, 0.4) is 0 Å². The van der Waals surface area contributed by atoms with Crippen LogP contribution in [0.25, 0.3) is 33.5 Å². The van der Waals surface area contributed by atoms with Crippen LogP contribution in [0.15, 0.2) is 36.4 Å². The molecule has 0 bridgehead atoms. The Labute approximate surface area is 220 Å². The van der Waals surface area contributed by atoms with Gasteiger partial charge in [-0.3, -0.25) is 4.79 Å². The molecule has 1 fully saturated rings. The van der Waals surface area contributed by atoms with E-state index in [2.05, 4.69) is 33.7 Å². The molecule has 1 saturated heterocycles. The number of likely N-dealkylation sites (tertiary alicyclic amines) is 1. The average molecular weight is 521 g/mol. The first kappa shape index (κ1) is 24.7. The highest BCUT2D eigenvalue weighted by atomic mass is 19.1. The average Bonchev–Trinajstić information content (AvgIpc) is 3.45. The summed E-state index contributed by atoms with van der Waals surface area (Å²) in [5.41, 5.74) is 11.1. The van der Waals surface area contributed by atoms with E-state index in [1.807, 2.05) is 11.6 Å². The number of nitrogens with two attached hydrogens (primary N) is 1. The van der Waals surface area contributed by atoms with E-state index in [0.717, 1.165) is 59.7 Å². The van der Waals surface area contributed by atoms with Crippen LogP contribution < -0.4 is 15.4 Å². The molecule has 0 aliphatic carbocycles. The highest BCUT2D eigenvalue weighted by molar-refractivity contribution is 6.01. The van der Waals surface area contributed by atoms with Crippen molar-refractivity contribution in [1.29, 1.82) is 0 Å². The number of hydrogen-bond donors (Lipinski definition) is 2. The van der Waals surface area contributed by atoms with Crippen LogP contribution in [-0.4, -0.2) is 82.1 Å². The molecule has 1 amide bonds. The number of hydrogen-bond acceptors (Lipinski definition) is 6. The predicted octanol–water partition coefficient (Wildman–Crippen LogP) is 2.92. The van der Waals surface area contributed by atoms with Crippen molar-refractivity contribution in [3.63, 3.8) is 0 Å². The molecule has 200 valence electrons. The number of methoxy groups -OCH3 is 1. The molecular weight excluding hydrogens is 487 g/mol. The van der Waals surface area contributed by atoms with Crippen LogP contribution in [-0.2, 0) is 13.6 Å². The lowest BCUT2D eigenvalue weighted by Crippen LogP contribution is -2.50. The molecule has 6 rings (SSSR count). The molecule has 2 aliphatic rings. The lowest BCUT2D eigenvalue weighted by Gasteiger charge is -2.33. The van der Waals surface area contributed by atoms with Gasteiger partial charge in [0.05, 0.1) is 36.1 Å². The monoisotopic (exact) mass is 520 g/mol. The number of aromatic nitrogens is 3. The topological polar surface area (TPSA) is 102 Å². The molecule has 2 atom stereocenters. The van der Waals surface area contributed by atoms with Crippen molar-refractivity contribution in [1.82, 2.24) is 19.0 Å². The van der Waals surface area contributed by atoms with E-state index in [1.165, 1.54) is 4.90 Å². The number of fused-ring (bicyclic) bond motifs is 1. The van der Waals surface area contributed by atoms with Gasteiger partial charge >= 0.3 is 0 Å². The van der Waals surface area contributed by atoms with Gasteiger partial charge in [0, 0.05) is 56.8 Å². The number of alkyl halides is 1. The molecule has 2 aromatic carbocycles. The molecule has 10 heteroatoms. The van der Waals surface area contributed by atoms with Crippen molar-refractivity contribution in [3.8, 4) is 17.3 Å². The Morgan fingerprint density at radius 1 is 1.21 bits per heavy atom. The minimum absolute atomic E-state index is 0.0398. The number of ether oxygens (including phenoxy) is 1. The molecule has 0 spiro atoms. The highest BCUT2D eigenvalue weighted by Crippen LogP contribution is 2.39. The second kappa shape index (κ2) is 9.59. The number of piperidine rings is 1. The van der Waals surface area contributed by atoms with Gasteiger partial charge in [-0.15, -0.1) is 0 Å². The fourth-order valence-electron chi connectivity index (χ4n) is 6.05. The van der Waals surface area contributed by atoms with Gasteiger partial charge < -0.3 is 34.5 Å². The van der Waals surface area contributed by atoms with Crippen molar-refractivity contribution in [3.05, 3.63) is 42.0 Å². The third-order valence-electron chi connectivity index (χ3n) is 7.77. The van der Waals surface area contributed by atoms with E-state index in [-0.39, 0.29) is 31.5 Å². The van der Waals surface area contributed by atoms with E-state index >= 15 is 0 Å². The summed E-state index contributed by atoms with van der Waals surface area (Å²) in [5.74, 6) is 1.04. The molecular formula is C28H33FN6O3. The summed E-state index contributed by atoms with van der Waals surface area (Å²) in [6, 6.07) is 11.5. The van der Waals surface area contributed by atoms with Crippen LogP contribution in [0.1, 0.15) is 23.2 Å². The number of halogens is 1. The van der Waals surface area contributed by atoms with Gasteiger partial charge in [-0.05, 0) is 37.1 Å². The number of carbonyl (C=O) groups is 1. The molecule has 2 aliphatic heterocycles. The second-order valence-electron chi connectivity index (χ2n) is 10.3. The number of rotatable bonds is 6. The van der Waals surface area contributed by atoms with Gasteiger partial charge in [0.1, 0.15) is 17.4 Å². The summed E-state index contributed by atoms with van der Waals surface area (Å²) < 4.78 is 24.2. The first-order valence-corrected chi connectivity index (χ1v) is 13.1. The molecule has 38 heavy (non-hydrogen) atoms. The van der Waals surface area contributed by atoms with Crippen molar-refractivity contribution < 1.29 is 19.0 Å². The smallest absolute Gasteiger partial charge is 0.254 e. The lowest BCUT2D eigenvalue weighted by molar-refractivity contribution is 0.0606. The molecule has 3 N–H and O–H groups in total. The number of para-hydroxylation sites is 1. The number of carbonyl (C=O) groups excluding carboxylic acids is 1. The Morgan fingerprint density at radius 3 is 2.82 bits per heavy atom. The normalized spacial score (nSPS) is 19.5. The Kier molecular flexibility index (Phi) is 6.23. The molecule has 0 unspecified atom stereocenters. The van der Waals surface area contributed by atoms with Crippen LogP contribution in [0.4, 0.5) is 10.1 Å². The fourth-order valence-corrected chi connectivity index (χ4v) is 6.05. The van der Waals surface area contributed by atoms with Gasteiger partial charge in [-0.25, -0.2) is 9.37 Å². The summed E-state index contributed by atoms with van der Waals surface area (Å²) in [6.07, 6.45) is -0.130. The number of nitrogens with zero attached hydrogens (tertiary/aromatic N) is 5. The first-order valence-electron chi connectivity index (χ1n) is 13.1. The SMILES string of the molecule is COc1cc(C(=O)N2C[C@H](N)C[C@@H](F)C2)cc2nc(-c3cc4cccc5c4n3CCN5CCCO)n(C)c12. The Balaban J connectivity index is 1.44. The van der Waals surface area contributed by atoms with Crippen molar-refractivity contribution in [2.75, 3.05) is 44.8 Å². The Morgan fingerprint density at radius 2 is 2.05 bits per heavy atom. The minimum atomic E-state index is -1.13. The summed E-state index contributed by atoms with van der Waals surface area (Å²) in [5, 5.41) is 10.5. The number of aliphatic hydroxyl groups excluding tert-OH is 1. The van der Waals surface area contributed by atoms with E-state index < -0.39 is 6.17 Å². The number of anilines is 1. The zero-order valence-electron chi connectivity index (χ0n) is 21.7. The third-order valence-corrected chi connectivity index (χ3v) is 7.77. The lowest BCUT2D eigenvalue weighted by atomic mass is 10.0. The van der Waals surface area contributed by atoms with Crippen molar-refractivity contribution >= 4 is 33.5 Å². The van der Waals surface area contributed by atoms with E-state index in [4.69, 9.17) is 15.5 Å². The zero-order chi connectivity index (χ0) is 26.6. The molecule has 2 aromatic heterocycles. The van der Waals surface area contributed by atoms with E-state index in [0.29, 0.717) is 23.4 Å². The highest BCUT2D eigenvalue weighted by Gasteiger charge is 2.30. The predicted molar refractivity (Wildman–Crippen MR) is 146 cm³/mol. The number of aliphatic hydroxyl groups is 1. The van der Waals surface area contributed by atoms with Gasteiger partial charge in [0.2, 0.25) is 0 Å². The van der Waals surface area contributed by atoms with Crippen LogP contribution in [0, 0.1) is 0 Å². The third kappa shape index (κ3) is 3.99. The van der Waals surface area contributed by atoms with Crippen LogP contribution in [0.5, 0.6) is 5.75 Å². The van der Waals surface area contributed by atoms with Crippen molar-refractivity contribution in [2.24, 2.45) is 12.8 Å². The molecule has 0 saturated carbocycles. The number of amides is 1. The molecule has 0 radical (unpaired) electrons. The van der Waals surface area contributed by atoms with Gasteiger partial charge in [0.25, 0.3) is 5.91 Å². The zero-order valence-corrected chi connectivity index (χ0v) is 21.7. The maximum absolute atomic E-state index is 14.1. The Bertz CT molecular complexity index is 1520. The minimum Gasteiger partial charge on any atom is -0.494 e. The fraction of sp³-hybridized carbons (Fsp3) is 0.429. The van der Waals surface area contributed by atoms with Gasteiger partial charge in [0.15, 0.2) is 5.82 Å². The summed E-state index contributed by atoms with van der Waals surface area (Å²) in [7, 11) is 3.53. The number of aryl methyl sites for hydroxylation is 1. The van der Waals surface area contributed by atoms with Gasteiger partial charge in [-0.2, -0.15) is 0 Å². The second-order valence-corrected chi connectivity index (χ2v) is 10.3. The van der Waals surface area contributed by atoms with Gasteiger partial charge in [-0.1, -0.05) is 12.1 Å². The molecule has 9 nitrogen and oxygen atoms in total. The summed E-state index contributed by atoms with van der Waals surface area (Å²) in [6.45, 7) is 2.98. The number of benzene rings is 2. The van der Waals surface area contributed by atoms with Crippen molar-refractivity contribution in [2.45, 2.75) is 31.6 Å². The van der Waals surface area contributed by atoms with Crippen LogP contribution in [0.2, 0.25) is 0 Å². The molecule has 4 aromatic rings. The maximum atomic E-state index is 14.1.